The second kappa shape index (κ2) is 6.86. The van der Waals surface area contributed by atoms with E-state index in [-0.39, 0.29) is 6.10 Å². The van der Waals surface area contributed by atoms with Crippen LogP contribution in [0.1, 0.15) is 44.1 Å². The average Bonchev–Trinajstić information content (AvgIpc) is 2.35. The van der Waals surface area contributed by atoms with Crippen LogP contribution in [0.4, 0.5) is 0 Å². The number of pyridine rings is 1. The van der Waals surface area contributed by atoms with E-state index in [0.717, 1.165) is 19.4 Å². The molecule has 3 nitrogen and oxygen atoms in total. The molecule has 2 unspecified atom stereocenters. The van der Waals surface area contributed by atoms with E-state index in [0.29, 0.717) is 6.04 Å². The Kier molecular flexibility index (Phi) is 5.14. The first kappa shape index (κ1) is 13.5. The Labute approximate surface area is 110 Å². The van der Waals surface area contributed by atoms with Gasteiger partial charge in [-0.1, -0.05) is 25.7 Å². The largest absolute Gasteiger partial charge is 0.391 e. The van der Waals surface area contributed by atoms with Crippen LogP contribution in [0, 0.1) is 0 Å². The van der Waals surface area contributed by atoms with Crippen molar-refractivity contribution in [2.75, 3.05) is 7.05 Å². The fourth-order valence-corrected chi connectivity index (χ4v) is 2.85. The zero-order valence-electron chi connectivity index (χ0n) is 11.3. The maximum atomic E-state index is 10.3. The van der Waals surface area contributed by atoms with Crippen LogP contribution in [-0.4, -0.2) is 34.2 Å². The molecule has 0 saturated heterocycles. The molecule has 0 aliphatic heterocycles. The van der Waals surface area contributed by atoms with Crippen molar-refractivity contribution in [1.29, 1.82) is 0 Å². The molecule has 3 heteroatoms. The predicted molar refractivity (Wildman–Crippen MR) is 73.2 cm³/mol. The molecule has 0 radical (unpaired) electrons. The number of aliphatic hydroxyl groups excluding tert-OH is 1. The van der Waals surface area contributed by atoms with Crippen LogP contribution < -0.4 is 0 Å². The van der Waals surface area contributed by atoms with Gasteiger partial charge in [0.1, 0.15) is 0 Å². The molecule has 1 aromatic rings. The molecule has 1 heterocycles. The maximum Gasteiger partial charge on any atom is 0.0695 e. The second-order valence-corrected chi connectivity index (χ2v) is 5.40. The van der Waals surface area contributed by atoms with Crippen molar-refractivity contribution in [3.63, 3.8) is 0 Å². The van der Waals surface area contributed by atoms with Crippen LogP contribution in [0.25, 0.3) is 0 Å². The van der Waals surface area contributed by atoms with Gasteiger partial charge in [0, 0.05) is 25.0 Å². The van der Waals surface area contributed by atoms with E-state index in [4.69, 9.17) is 0 Å². The fourth-order valence-electron chi connectivity index (χ4n) is 2.85. The number of rotatable bonds is 3. The van der Waals surface area contributed by atoms with E-state index >= 15 is 0 Å². The van der Waals surface area contributed by atoms with Gasteiger partial charge in [-0.25, -0.2) is 0 Å². The monoisotopic (exact) mass is 248 g/mol. The van der Waals surface area contributed by atoms with E-state index in [2.05, 4.69) is 16.9 Å². The number of aliphatic hydroxyl groups is 1. The standard InChI is InChI=1S/C15H24N2O/c1-17(12-13-8-10-16-11-9-13)14-6-4-2-3-5-7-15(14)18/h8-11,14-15,18H,2-7,12H2,1H3. The molecule has 1 saturated carbocycles. The summed E-state index contributed by atoms with van der Waals surface area (Å²) in [6.07, 6.45) is 10.5. The normalized spacial score (nSPS) is 25.7. The quantitative estimate of drug-likeness (QED) is 0.893. The summed E-state index contributed by atoms with van der Waals surface area (Å²) in [6.45, 7) is 0.893. The lowest BCUT2D eigenvalue weighted by molar-refractivity contribution is 0.0407. The summed E-state index contributed by atoms with van der Waals surface area (Å²) in [6, 6.07) is 4.40. The number of likely N-dealkylation sites (N-methyl/N-ethyl adjacent to an activating group) is 1. The van der Waals surface area contributed by atoms with E-state index < -0.39 is 0 Å². The van der Waals surface area contributed by atoms with Gasteiger partial charge in [-0.2, -0.15) is 0 Å². The minimum atomic E-state index is -0.169. The summed E-state index contributed by atoms with van der Waals surface area (Å²) in [5.41, 5.74) is 1.27. The lowest BCUT2D eigenvalue weighted by atomic mass is 9.93. The number of nitrogens with zero attached hydrogens (tertiary/aromatic N) is 2. The molecule has 0 bridgehead atoms. The Hall–Kier alpha value is -0.930. The number of hydrogen-bond acceptors (Lipinski definition) is 3. The smallest absolute Gasteiger partial charge is 0.0695 e. The minimum absolute atomic E-state index is 0.169. The molecule has 1 aromatic heterocycles. The van der Waals surface area contributed by atoms with Crippen molar-refractivity contribution in [3.8, 4) is 0 Å². The van der Waals surface area contributed by atoms with Crippen molar-refractivity contribution in [2.45, 2.75) is 57.2 Å². The highest BCUT2D eigenvalue weighted by molar-refractivity contribution is 5.09. The Morgan fingerprint density at radius 3 is 2.56 bits per heavy atom. The zero-order valence-corrected chi connectivity index (χ0v) is 11.3. The highest BCUT2D eigenvalue weighted by Crippen LogP contribution is 2.22. The molecule has 0 amide bonds. The topological polar surface area (TPSA) is 36.4 Å². The van der Waals surface area contributed by atoms with E-state index in [1.165, 1.54) is 31.2 Å². The molecule has 0 spiro atoms. The highest BCUT2D eigenvalue weighted by Gasteiger charge is 2.24. The van der Waals surface area contributed by atoms with Gasteiger partial charge in [0.15, 0.2) is 0 Å². The summed E-state index contributed by atoms with van der Waals surface area (Å²) in [4.78, 5) is 6.34. The van der Waals surface area contributed by atoms with Crippen LogP contribution in [0.2, 0.25) is 0 Å². The zero-order chi connectivity index (χ0) is 12.8. The minimum Gasteiger partial charge on any atom is -0.391 e. The van der Waals surface area contributed by atoms with Crippen molar-refractivity contribution in [3.05, 3.63) is 30.1 Å². The third kappa shape index (κ3) is 3.79. The number of aromatic nitrogens is 1. The van der Waals surface area contributed by atoms with Crippen LogP contribution >= 0.6 is 0 Å². The van der Waals surface area contributed by atoms with Crippen molar-refractivity contribution >= 4 is 0 Å². The van der Waals surface area contributed by atoms with Gasteiger partial charge in [-0.3, -0.25) is 9.88 Å². The van der Waals surface area contributed by atoms with Crippen molar-refractivity contribution in [2.24, 2.45) is 0 Å². The Bertz CT molecular complexity index is 342. The summed E-state index contributed by atoms with van der Waals surface area (Å²) >= 11 is 0. The Balaban J connectivity index is 1.95. The van der Waals surface area contributed by atoms with Gasteiger partial charge in [0.25, 0.3) is 0 Å². The fraction of sp³-hybridized carbons (Fsp3) is 0.667. The van der Waals surface area contributed by atoms with Gasteiger partial charge in [-0.15, -0.1) is 0 Å². The molecule has 2 atom stereocenters. The lowest BCUT2D eigenvalue weighted by Gasteiger charge is -2.33. The van der Waals surface area contributed by atoms with E-state index in [1.54, 1.807) is 0 Å². The summed E-state index contributed by atoms with van der Waals surface area (Å²) in [5.74, 6) is 0. The van der Waals surface area contributed by atoms with Gasteiger partial charge in [-0.05, 0) is 37.6 Å². The molecule has 1 aliphatic carbocycles. The SMILES string of the molecule is CN(Cc1ccncc1)C1CCCCCCC1O. The lowest BCUT2D eigenvalue weighted by Crippen LogP contribution is -2.41. The van der Waals surface area contributed by atoms with Crippen molar-refractivity contribution < 1.29 is 5.11 Å². The molecule has 2 rings (SSSR count). The molecule has 18 heavy (non-hydrogen) atoms. The summed E-state index contributed by atoms with van der Waals surface area (Å²) in [7, 11) is 2.12. The Morgan fingerprint density at radius 1 is 1.17 bits per heavy atom. The van der Waals surface area contributed by atoms with Crippen LogP contribution in [0.5, 0.6) is 0 Å². The van der Waals surface area contributed by atoms with E-state index in [1.807, 2.05) is 24.5 Å². The van der Waals surface area contributed by atoms with Crippen LogP contribution in [-0.2, 0) is 6.54 Å². The molecule has 100 valence electrons. The van der Waals surface area contributed by atoms with E-state index in [9.17, 15) is 5.11 Å². The summed E-state index contributed by atoms with van der Waals surface area (Å²) in [5, 5.41) is 10.3. The molecular weight excluding hydrogens is 224 g/mol. The second-order valence-electron chi connectivity index (χ2n) is 5.40. The van der Waals surface area contributed by atoms with Crippen LogP contribution in [0.3, 0.4) is 0 Å². The van der Waals surface area contributed by atoms with Gasteiger partial charge >= 0.3 is 0 Å². The van der Waals surface area contributed by atoms with Gasteiger partial charge in [0.2, 0.25) is 0 Å². The molecular formula is C15H24N2O. The maximum absolute atomic E-state index is 10.3. The first-order chi connectivity index (χ1) is 8.77. The Morgan fingerprint density at radius 2 is 1.83 bits per heavy atom. The molecule has 1 fully saturated rings. The third-order valence-electron chi connectivity index (χ3n) is 3.94. The summed E-state index contributed by atoms with van der Waals surface area (Å²) < 4.78 is 0. The molecule has 0 aromatic carbocycles. The number of hydrogen-bond donors (Lipinski definition) is 1. The van der Waals surface area contributed by atoms with Crippen LogP contribution in [0.15, 0.2) is 24.5 Å². The van der Waals surface area contributed by atoms with Gasteiger partial charge < -0.3 is 5.11 Å². The molecule has 1 N–H and O–H groups in total. The first-order valence-electron chi connectivity index (χ1n) is 7.04. The highest BCUT2D eigenvalue weighted by atomic mass is 16.3. The first-order valence-corrected chi connectivity index (χ1v) is 7.04. The predicted octanol–water partition coefficient (Wildman–Crippen LogP) is 2.60. The average molecular weight is 248 g/mol. The third-order valence-corrected chi connectivity index (χ3v) is 3.94. The van der Waals surface area contributed by atoms with Gasteiger partial charge in [0.05, 0.1) is 6.10 Å². The van der Waals surface area contributed by atoms with Crippen molar-refractivity contribution in [1.82, 2.24) is 9.88 Å². The molecule has 1 aliphatic rings.